The zero-order valence-electron chi connectivity index (χ0n) is 12.9. The van der Waals surface area contributed by atoms with Crippen LogP contribution in [0.2, 0.25) is 0 Å². The Labute approximate surface area is 137 Å². The number of nitro groups is 1. The number of likely N-dealkylation sites (tertiary alicyclic amines) is 1. The van der Waals surface area contributed by atoms with E-state index in [-0.39, 0.29) is 18.1 Å². The summed E-state index contributed by atoms with van der Waals surface area (Å²) in [6.45, 7) is 2.45. The van der Waals surface area contributed by atoms with Crippen LogP contribution in [0.4, 0.5) is 5.69 Å². The molecule has 6 nitrogen and oxygen atoms in total. The van der Waals surface area contributed by atoms with Gasteiger partial charge in [-0.2, -0.15) is 0 Å². The monoisotopic (exact) mass is 329 g/mol. The number of nitrogens with zero attached hydrogens (tertiary/aromatic N) is 2. The molecule has 1 unspecified atom stereocenters. The molecule has 1 aromatic rings. The predicted molar refractivity (Wildman–Crippen MR) is 88.6 cm³/mol. The lowest BCUT2D eigenvalue weighted by Gasteiger charge is -2.35. The first kappa shape index (κ1) is 18.7. The summed E-state index contributed by atoms with van der Waals surface area (Å²) in [5.41, 5.74) is 6.66. The molecule has 1 heterocycles. The van der Waals surface area contributed by atoms with Gasteiger partial charge in [0.15, 0.2) is 5.75 Å². The number of halogens is 1. The molecule has 0 saturated carbocycles. The van der Waals surface area contributed by atoms with E-state index in [1.54, 1.807) is 12.1 Å². The number of hydrogen-bond donors (Lipinski definition) is 1. The van der Waals surface area contributed by atoms with Crippen LogP contribution in [-0.4, -0.2) is 36.1 Å². The van der Waals surface area contributed by atoms with Crippen molar-refractivity contribution < 1.29 is 9.66 Å². The van der Waals surface area contributed by atoms with Gasteiger partial charge in [0, 0.05) is 18.7 Å². The summed E-state index contributed by atoms with van der Waals surface area (Å²) >= 11 is 0. The van der Waals surface area contributed by atoms with Crippen molar-refractivity contribution in [3.05, 3.63) is 33.9 Å². The first-order valence-electron chi connectivity index (χ1n) is 7.41. The van der Waals surface area contributed by atoms with Crippen molar-refractivity contribution in [1.82, 2.24) is 4.90 Å². The predicted octanol–water partition coefficient (Wildman–Crippen LogP) is 2.73. The van der Waals surface area contributed by atoms with Gasteiger partial charge in [0.25, 0.3) is 0 Å². The van der Waals surface area contributed by atoms with Crippen molar-refractivity contribution in [3.63, 3.8) is 0 Å². The lowest BCUT2D eigenvalue weighted by atomic mass is 9.98. The maximum Gasteiger partial charge on any atom is 0.311 e. The van der Waals surface area contributed by atoms with Crippen LogP contribution in [0.5, 0.6) is 5.75 Å². The van der Waals surface area contributed by atoms with Crippen molar-refractivity contribution in [2.24, 2.45) is 5.73 Å². The van der Waals surface area contributed by atoms with Gasteiger partial charge in [0.2, 0.25) is 0 Å². The molecule has 1 aliphatic heterocycles. The number of methoxy groups -OCH3 is 1. The van der Waals surface area contributed by atoms with Crippen LogP contribution in [0.3, 0.4) is 0 Å². The summed E-state index contributed by atoms with van der Waals surface area (Å²) in [6, 6.07) is 5.69. The van der Waals surface area contributed by atoms with E-state index in [1.165, 1.54) is 20.0 Å². The molecule has 2 N–H and O–H groups in total. The SMILES string of the molecule is COc1ccc(CN2CCCCC2CCN)cc1[N+](=O)[O-].Cl. The van der Waals surface area contributed by atoms with E-state index in [0.717, 1.165) is 31.5 Å². The number of hydrogen-bond acceptors (Lipinski definition) is 5. The van der Waals surface area contributed by atoms with Gasteiger partial charge in [-0.25, -0.2) is 0 Å². The Balaban J connectivity index is 0.00000242. The van der Waals surface area contributed by atoms with Gasteiger partial charge in [-0.3, -0.25) is 15.0 Å². The van der Waals surface area contributed by atoms with E-state index in [0.29, 0.717) is 18.3 Å². The lowest BCUT2D eigenvalue weighted by molar-refractivity contribution is -0.385. The lowest BCUT2D eigenvalue weighted by Crippen LogP contribution is -2.40. The minimum absolute atomic E-state index is 0. The normalized spacial score (nSPS) is 18.5. The first-order chi connectivity index (χ1) is 10.2. The smallest absolute Gasteiger partial charge is 0.311 e. The molecule has 1 fully saturated rings. The van der Waals surface area contributed by atoms with Crippen LogP contribution in [0, 0.1) is 10.1 Å². The number of rotatable bonds is 6. The highest BCUT2D eigenvalue weighted by atomic mass is 35.5. The summed E-state index contributed by atoms with van der Waals surface area (Å²) in [7, 11) is 1.45. The number of ether oxygens (including phenoxy) is 1. The Morgan fingerprint density at radius 3 is 2.86 bits per heavy atom. The third-order valence-corrected chi connectivity index (χ3v) is 4.07. The molecule has 0 aliphatic carbocycles. The van der Waals surface area contributed by atoms with Gasteiger partial charge in [0.05, 0.1) is 12.0 Å². The third-order valence-electron chi connectivity index (χ3n) is 4.07. The van der Waals surface area contributed by atoms with E-state index in [1.807, 2.05) is 6.07 Å². The molecule has 7 heteroatoms. The second kappa shape index (κ2) is 8.92. The van der Waals surface area contributed by atoms with Crippen molar-refractivity contribution in [3.8, 4) is 5.75 Å². The fourth-order valence-electron chi connectivity index (χ4n) is 3.00. The van der Waals surface area contributed by atoms with Crippen molar-refractivity contribution in [1.29, 1.82) is 0 Å². The van der Waals surface area contributed by atoms with Crippen molar-refractivity contribution >= 4 is 18.1 Å². The molecule has 124 valence electrons. The topological polar surface area (TPSA) is 81.6 Å². The van der Waals surface area contributed by atoms with Gasteiger partial charge in [-0.1, -0.05) is 12.5 Å². The minimum atomic E-state index is -0.393. The van der Waals surface area contributed by atoms with Gasteiger partial charge in [-0.05, 0) is 44.0 Å². The van der Waals surface area contributed by atoms with Crippen molar-refractivity contribution in [2.45, 2.75) is 38.3 Å². The molecule has 0 radical (unpaired) electrons. The molecule has 1 aliphatic rings. The molecule has 0 aromatic heterocycles. The summed E-state index contributed by atoms with van der Waals surface area (Å²) in [6.07, 6.45) is 4.57. The van der Waals surface area contributed by atoms with Crippen LogP contribution >= 0.6 is 12.4 Å². The van der Waals surface area contributed by atoms with Gasteiger partial charge >= 0.3 is 5.69 Å². The maximum absolute atomic E-state index is 11.1. The van der Waals surface area contributed by atoms with Crippen LogP contribution in [0.15, 0.2) is 18.2 Å². The second-order valence-corrected chi connectivity index (χ2v) is 5.46. The Morgan fingerprint density at radius 1 is 1.45 bits per heavy atom. The zero-order chi connectivity index (χ0) is 15.2. The number of benzene rings is 1. The van der Waals surface area contributed by atoms with E-state index >= 15 is 0 Å². The van der Waals surface area contributed by atoms with Crippen LogP contribution < -0.4 is 10.5 Å². The van der Waals surface area contributed by atoms with Gasteiger partial charge in [0.1, 0.15) is 0 Å². The molecule has 22 heavy (non-hydrogen) atoms. The Morgan fingerprint density at radius 2 is 2.23 bits per heavy atom. The highest BCUT2D eigenvalue weighted by molar-refractivity contribution is 5.85. The first-order valence-corrected chi connectivity index (χ1v) is 7.41. The molecule has 2 rings (SSSR count). The van der Waals surface area contributed by atoms with Gasteiger partial charge in [-0.15, -0.1) is 12.4 Å². The average molecular weight is 330 g/mol. The largest absolute Gasteiger partial charge is 0.490 e. The third kappa shape index (κ3) is 4.56. The fourth-order valence-corrected chi connectivity index (χ4v) is 3.00. The maximum atomic E-state index is 11.1. The highest BCUT2D eigenvalue weighted by Gasteiger charge is 2.23. The Hall–Kier alpha value is -1.37. The minimum Gasteiger partial charge on any atom is -0.490 e. The van der Waals surface area contributed by atoms with E-state index < -0.39 is 4.92 Å². The Kier molecular flexibility index (Phi) is 7.58. The molecular weight excluding hydrogens is 306 g/mol. The average Bonchev–Trinajstić information content (AvgIpc) is 2.49. The van der Waals surface area contributed by atoms with E-state index in [9.17, 15) is 10.1 Å². The van der Waals surface area contributed by atoms with E-state index in [2.05, 4.69) is 4.90 Å². The summed E-state index contributed by atoms with van der Waals surface area (Å²) in [5, 5.41) is 11.1. The molecule has 0 amide bonds. The highest BCUT2D eigenvalue weighted by Crippen LogP contribution is 2.29. The molecule has 0 bridgehead atoms. The molecule has 1 saturated heterocycles. The molecule has 0 spiro atoms. The summed E-state index contributed by atoms with van der Waals surface area (Å²) in [5.74, 6) is 0.306. The molecular formula is C15H24ClN3O3. The van der Waals surface area contributed by atoms with Crippen LogP contribution in [-0.2, 0) is 6.54 Å². The molecule has 1 aromatic carbocycles. The second-order valence-electron chi connectivity index (χ2n) is 5.46. The van der Waals surface area contributed by atoms with Crippen molar-refractivity contribution in [2.75, 3.05) is 20.2 Å². The van der Waals surface area contributed by atoms with Crippen LogP contribution in [0.1, 0.15) is 31.2 Å². The summed E-state index contributed by atoms with van der Waals surface area (Å²) < 4.78 is 5.04. The van der Waals surface area contributed by atoms with E-state index in [4.69, 9.17) is 10.5 Å². The molecule has 1 atom stereocenters. The van der Waals surface area contributed by atoms with Gasteiger partial charge < -0.3 is 10.5 Å². The number of piperidine rings is 1. The standard InChI is InChI=1S/C15H23N3O3.ClH/c1-21-15-6-5-12(10-14(15)18(19)20)11-17-9-3-2-4-13(17)7-8-16;/h5-6,10,13H,2-4,7-9,11,16H2,1H3;1H. The Bertz CT molecular complexity index is 497. The zero-order valence-corrected chi connectivity index (χ0v) is 13.7. The summed E-state index contributed by atoms with van der Waals surface area (Å²) in [4.78, 5) is 13.1. The quantitative estimate of drug-likeness (QED) is 0.641. The van der Waals surface area contributed by atoms with Crippen LogP contribution in [0.25, 0.3) is 0 Å². The number of nitrogens with two attached hydrogens (primary N) is 1. The number of nitro benzene ring substituents is 1. The fraction of sp³-hybridized carbons (Fsp3) is 0.600.